The quantitative estimate of drug-likeness (QED) is 0.782. The van der Waals surface area contributed by atoms with E-state index in [-0.39, 0.29) is 30.1 Å². The highest BCUT2D eigenvalue weighted by molar-refractivity contribution is 5.92. The molecule has 0 saturated carbocycles. The Morgan fingerprint density at radius 3 is 2.43 bits per heavy atom. The molecule has 2 rings (SSSR count). The molecule has 1 saturated heterocycles. The Morgan fingerprint density at radius 1 is 1.17 bits per heavy atom. The van der Waals surface area contributed by atoms with Gasteiger partial charge in [-0.25, -0.2) is 0 Å². The summed E-state index contributed by atoms with van der Waals surface area (Å²) in [6.45, 7) is 2.23. The minimum absolute atomic E-state index is 0. The highest BCUT2D eigenvalue weighted by atomic mass is 35.5. The van der Waals surface area contributed by atoms with Crippen molar-refractivity contribution in [2.24, 2.45) is 5.92 Å². The fraction of sp³-hybridized carbons (Fsp3) is 0.529. The molecule has 2 amide bonds. The maximum absolute atomic E-state index is 12.2. The van der Waals surface area contributed by atoms with Gasteiger partial charge in [0.05, 0.1) is 0 Å². The zero-order chi connectivity index (χ0) is 15.8. The van der Waals surface area contributed by atoms with Gasteiger partial charge < -0.3 is 15.5 Å². The van der Waals surface area contributed by atoms with Crippen molar-refractivity contribution >= 4 is 29.9 Å². The van der Waals surface area contributed by atoms with Crippen LogP contribution in [0.15, 0.2) is 30.3 Å². The van der Waals surface area contributed by atoms with Crippen LogP contribution in [0.25, 0.3) is 0 Å². The number of carbonyl (C=O) groups is 2. The average Bonchev–Trinajstić information content (AvgIpc) is 2.56. The number of nitrogens with one attached hydrogen (secondary N) is 2. The second kappa shape index (κ2) is 10.2. The van der Waals surface area contributed by atoms with Gasteiger partial charge in [-0.2, -0.15) is 0 Å². The molecule has 23 heavy (non-hydrogen) atoms. The van der Waals surface area contributed by atoms with E-state index in [9.17, 15) is 9.59 Å². The van der Waals surface area contributed by atoms with Gasteiger partial charge in [-0.05, 0) is 45.0 Å². The summed E-state index contributed by atoms with van der Waals surface area (Å²) < 4.78 is 0. The van der Waals surface area contributed by atoms with E-state index in [0.717, 1.165) is 31.5 Å². The number of nitrogens with zero attached hydrogens (tertiary/aromatic N) is 1. The lowest BCUT2D eigenvalue weighted by Crippen LogP contribution is -2.41. The van der Waals surface area contributed by atoms with Crippen molar-refractivity contribution < 1.29 is 9.59 Å². The SMILES string of the molecule is CNCCCC(=O)N1CCC(C(=O)Nc2ccccc2)CC1.Cl. The van der Waals surface area contributed by atoms with Gasteiger partial charge >= 0.3 is 0 Å². The van der Waals surface area contributed by atoms with E-state index in [2.05, 4.69) is 10.6 Å². The van der Waals surface area contributed by atoms with E-state index < -0.39 is 0 Å². The second-order valence-corrected chi connectivity index (χ2v) is 5.72. The molecule has 0 unspecified atom stereocenters. The molecule has 1 aliphatic rings. The predicted octanol–water partition coefficient (Wildman–Crippen LogP) is 2.29. The number of piperidine rings is 1. The number of para-hydroxylation sites is 1. The zero-order valence-corrected chi connectivity index (χ0v) is 14.4. The van der Waals surface area contributed by atoms with Gasteiger partial charge in [-0.15, -0.1) is 12.4 Å². The second-order valence-electron chi connectivity index (χ2n) is 5.72. The summed E-state index contributed by atoms with van der Waals surface area (Å²) in [5, 5.41) is 5.99. The molecule has 2 N–H and O–H groups in total. The van der Waals surface area contributed by atoms with E-state index in [1.54, 1.807) is 0 Å². The summed E-state index contributed by atoms with van der Waals surface area (Å²) in [6.07, 6.45) is 2.94. The number of hydrogen-bond acceptors (Lipinski definition) is 3. The van der Waals surface area contributed by atoms with Gasteiger partial charge in [0.2, 0.25) is 11.8 Å². The van der Waals surface area contributed by atoms with E-state index >= 15 is 0 Å². The Balaban J connectivity index is 0.00000264. The van der Waals surface area contributed by atoms with Gasteiger partial charge in [0.15, 0.2) is 0 Å². The molecule has 0 aliphatic carbocycles. The number of carbonyl (C=O) groups excluding carboxylic acids is 2. The van der Waals surface area contributed by atoms with Crippen molar-refractivity contribution in [2.45, 2.75) is 25.7 Å². The lowest BCUT2D eigenvalue weighted by atomic mass is 9.95. The molecule has 1 heterocycles. The Morgan fingerprint density at radius 2 is 1.83 bits per heavy atom. The Hall–Kier alpha value is -1.59. The molecule has 0 radical (unpaired) electrons. The average molecular weight is 340 g/mol. The first kappa shape index (κ1) is 19.5. The van der Waals surface area contributed by atoms with Crippen LogP contribution in [0.1, 0.15) is 25.7 Å². The van der Waals surface area contributed by atoms with Crippen LogP contribution < -0.4 is 10.6 Å². The minimum Gasteiger partial charge on any atom is -0.343 e. The molecule has 5 nitrogen and oxygen atoms in total. The first-order valence-electron chi connectivity index (χ1n) is 7.99. The highest BCUT2D eigenvalue weighted by Gasteiger charge is 2.26. The van der Waals surface area contributed by atoms with Gasteiger partial charge in [-0.3, -0.25) is 9.59 Å². The molecule has 1 aromatic carbocycles. The summed E-state index contributed by atoms with van der Waals surface area (Å²) in [5.41, 5.74) is 0.832. The number of rotatable bonds is 6. The van der Waals surface area contributed by atoms with Crippen molar-refractivity contribution in [3.05, 3.63) is 30.3 Å². The first-order valence-corrected chi connectivity index (χ1v) is 7.99. The summed E-state index contributed by atoms with van der Waals surface area (Å²) in [4.78, 5) is 26.2. The number of benzene rings is 1. The fourth-order valence-electron chi connectivity index (χ4n) is 2.73. The molecule has 128 valence electrons. The van der Waals surface area contributed by atoms with Crippen molar-refractivity contribution in [1.82, 2.24) is 10.2 Å². The van der Waals surface area contributed by atoms with Crippen LogP contribution in [-0.4, -0.2) is 43.4 Å². The van der Waals surface area contributed by atoms with Crippen LogP contribution >= 0.6 is 12.4 Å². The zero-order valence-electron chi connectivity index (χ0n) is 13.6. The lowest BCUT2D eigenvalue weighted by Gasteiger charge is -2.31. The summed E-state index contributed by atoms with van der Waals surface area (Å²) in [7, 11) is 1.89. The Kier molecular flexibility index (Phi) is 8.66. The van der Waals surface area contributed by atoms with Crippen LogP contribution in [0.2, 0.25) is 0 Å². The summed E-state index contributed by atoms with van der Waals surface area (Å²) in [6, 6.07) is 9.51. The predicted molar refractivity (Wildman–Crippen MR) is 94.8 cm³/mol. The van der Waals surface area contributed by atoms with Crippen LogP contribution in [0.4, 0.5) is 5.69 Å². The van der Waals surface area contributed by atoms with Gasteiger partial charge in [0.1, 0.15) is 0 Å². The maximum atomic E-state index is 12.2. The smallest absolute Gasteiger partial charge is 0.227 e. The van der Waals surface area contributed by atoms with E-state index in [4.69, 9.17) is 0 Å². The lowest BCUT2D eigenvalue weighted by molar-refractivity contribution is -0.134. The van der Waals surface area contributed by atoms with Gasteiger partial charge in [0.25, 0.3) is 0 Å². The van der Waals surface area contributed by atoms with E-state index in [1.807, 2.05) is 42.3 Å². The molecule has 0 spiro atoms. The van der Waals surface area contributed by atoms with Crippen LogP contribution in [0.5, 0.6) is 0 Å². The van der Waals surface area contributed by atoms with Crippen molar-refractivity contribution in [1.29, 1.82) is 0 Å². The molecular weight excluding hydrogens is 314 g/mol. The molecule has 1 aromatic rings. The van der Waals surface area contributed by atoms with Crippen LogP contribution in [0, 0.1) is 5.92 Å². The van der Waals surface area contributed by atoms with E-state index in [0.29, 0.717) is 19.5 Å². The summed E-state index contributed by atoms with van der Waals surface area (Å²) in [5.74, 6) is 0.271. The fourth-order valence-corrected chi connectivity index (χ4v) is 2.73. The topological polar surface area (TPSA) is 61.4 Å². The first-order chi connectivity index (χ1) is 10.7. The third kappa shape index (κ3) is 6.20. The van der Waals surface area contributed by atoms with E-state index in [1.165, 1.54) is 0 Å². The molecular formula is C17H26ClN3O2. The van der Waals surface area contributed by atoms with Crippen molar-refractivity contribution in [2.75, 3.05) is 32.0 Å². The highest BCUT2D eigenvalue weighted by Crippen LogP contribution is 2.20. The molecule has 0 bridgehead atoms. The number of hydrogen-bond donors (Lipinski definition) is 2. The van der Waals surface area contributed by atoms with Crippen molar-refractivity contribution in [3.63, 3.8) is 0 Å². The maximum Gasteiger partial charge on any atom is 0.227 e. The normalized spacial score (nSPS) is 14.9. The monoisotopic (exact) mass is 339 g/mol. The minimum atomic E-state index is 0. The molecule has 0 aromatic heterocycles. The number of halogens is 1. The van der Waals surface area contributed by atoms with Gasteiger partial charge in [0, 0.05) is 31.1 Å². The van der Waals surface area contributed by atoms with Crippen molar-refractivity contribution in [3.8, 4) is 0 Å². The number of amides is 2. The summed E-state index contributed by atoms with van der Waals surface area (Å²) >= 11 is 0. The van der Waals surface area contributed by atoms with Crippen LogP contribution in [-0.2, 0) is 9.59 Å². The molecule has 1 fully saturated rings. The Labute approximate surface area is 144 Å². The standard InChI is InChI=1S/C17H25N3O2.ClH/c1-18-11-5-8-16(21)20-12-9-14(10-13-20)17(22)19-15-6-3-2-4-7-15;/h2-4,6-7,14,18H,5,8-13H2,1H3,(H,19,22);1H. The number of anilines is 1. The third-order valence-electron chi connectivity index (χ3n) is 4.08. The number of likely N-dealkylation sites (tertiary alicyclic amines) is 1. The molecule has 1 aliphatic heterocycles. The van der Waals surface area contributed by atoms with Gasteiger partial charge in [-0.1, -0.05) is 18.2 Å². The third-order valence-corrected chi connectivity index (χ3v) is 4.08. The molecule has 0 atom stereocenters. The molecule has 6 heteroatoms. The van der Waals surface area contributed by atoms with Crippen LogP contribution in [0.3, 0.4) is 0 Å². The Bertz CT molecular complexity index is 488. The largest absolute Gasteiger partial charge is 0.343 e.